The van der Waals surface area contributed by atoms with Crippen LogP contribution in [0.2, 0.25) is 0 Å². The molecule has 0 radical (unpaired) electrons. The van der Waals surface area contributed by atoms with Gasteiger partial charge in [-0.25, -0.2) is 0 Å². The molecule has 20 heavy (non-hydrogen) atoms. The van der Waals surface area contributed by atoms with Crippen molar-refractivity contribution in [2.24, 2.45) is 10.9 Å². The van der Waals surface area contributed by atoms with E-state index < -0.39 is 0 Å². The van der Waals surface area contributed by atoms with Gasteiger partial charge in [-0.3, -0.25) is 9.98 Å². The molecule has 1 unspecified atom stereocenters. The van der Waals surface area contributed by atoms with Crippen molar-refractivity contribution in [3.8, 4) is 0 Å². The molecule has 1 N–H and O–H groups in total. The number of hydrogen-bond acceptors (Lipinski definition) is 3. The first-order valence-corrected chi connectivity index (χ1v) is 7.17. The fraction of sp³-hybridized carbons (Fsp3) is 0.600. The third-order valence-electron chi connectivity index (χ3n) is 3.62. The first-order chi connectivity index (χ1) is 9.83. The molecule has 0 bridgehead atoms. The van der Waals surface area contributed by atoms with Gasteiger partial charge in [0.05, 0.1) is 6.61 Å². The van der Waals surface area contributed by atoms with Crippen molar-refractivity contribution in [1.29, 1.82) is 0 Å². The summed E-state index contributed by atoms with van der Waals surface area (Å²) in [6.45, 7) is 3.80. The first-order valence-electron chi connectivity index (χ1n) is 7.17. The van der Waals surface area contributed by atoms with Gasteiger partial charge >= 0.3 is 0 Å². The molecule has 1 atom stereocenters. The van der Waals surface area contributed by atoms with Gasteiger partial charge in [0.25, 0.3) is 0 Å². The van der Waals surface area contributed by atoms with Crippen LogP contribution in [0.3, 0.4) is 0 Å². The molecule has 2 heterocycles. The second kappa shape index (κ2) is 7.85. The number of nitrogens with one attached hydrogen (secondary N) is 1. The summed E-state index contributed by atoms with van der Waals surface area (Å²) in [6.07, 6.45) is 5.85. The van der Waals surface area contributed by atoms with E-state index in [1.54, 1.807) is 13.3 Å². The van der Waals surface area contributed by atoms with E-state index >= 15 is 0 Å². The summed E-state index contributed by atoms with van der Waals surface area (Å²) in [5, 5.41) is 3.43. The number of likely N-dealkylation sites (tertiary alicyclic amines) is 1. The Morgan fingerprint density at radius 3 is 3.20 bits per heavy atom. The summed E-state index contributed by atoms with van der Waals surface area (Å²) in [7, 11) is 3.61. The minimum atomic E-state index is 0.622. The Hall–Kier alpha value is -1.62. The van der Waals surface area contributed by atoms with Crippen molar-refractivity contribution in [3.05, 3.63) is 30.1 Å². The Labute approximate surface area is 121 Å². The maximum absolute atomic E-state index is 5.23. The lowest BCUT2D eigenvalue weighted by molar-refractivity contribution is 0.157. The lowest BCUT2D eigenvalue weighted by atomic mass is 10.1. The largest absolute Gasteiger partial charge is 0.384 e. The van der Waals surface area contributed by atoms with Gasteiger partial charge in [0.15, 0.2) is 5.96 Å². The van der Waals surface area contributed by atoms with Gasteiger partial charge in [-0.15, -0.1) is 0 Å². The van der Waals surface area contributed by atoms with Crippen LogP contribution >= 0.6 is 0 Å². The fourth-order valence-electron chi connectivity index (χ4n) is 2.59. The molecule has 0 aromatic carbocycles. The second-order valence-electron chi connectivity index (χ2n) is 5.14. The highest BCUT2D eigenvalue weighted by Crippen LogP contribution is 2.16. The Balaban J connectivity index is 1.76. The molecule has 1 fully saturated rings. The summed E-state index contributed by atoms with van der Waals surface area (Å²) in [5.74, 6) is 1.62. The molecule has 1 saturated heterocycles. The van der Waals surface area contributed by atoms with Crippen molar-refractivity contribution < 1.29 is 4.74 Å². The lowest BCUT2D eigenvalue weighted by Gasteiger charge is -2.21. The number of aromatic nitrogens is 1. The van der Waals surface area contributed by atoms with Gasteiger partial charge in [0.1, 0.15) is 0 Å². The molecule has 5 heteroatoms. The molecule has 110 valence electrons. The van der Waals surface area contributed by atoms with E-state index in [4.69, 9.17) is 4.74 Å². The summed E-state index contributed by atoms with van der Waals surface area (Å²) in [5.41, 5.74) is 1.24. The van der Waals surface area contributed by atoms with Gasteiger partial charge in [-0.2, -0.15) is 0 Å². The van der Waals surface area contributed by atoms with Crippen molar-refractivity contribution >= 4 is 5.96 Å². The standard InChI is InChI=1S/C15H24N4O/c1-16-15(19-9-6-14(11-19)12-20-2)18-8-5-13-4-3-7-17-10-13/h3-4,7,10,14H,5-6,8-9,11-12H2,1-2H3,(H,16,18). The summed E-state index contributed by atoms with van der Waals surface area (Å²) in [4.78, 5) is 10.8. The molecule has 1 aliphatic rings. The maximum atomic E-state index is 5.23. The quantitative estimate of drug-likeness (QED) is 0.648. The zero-order valence-electron chi connectivity index (χ0n) is 12.4. The monoisotopic (exact) mass is 276 g/mol. The molecule has 0 saturated carbocycles. The van der Waals surface area contributed by atoms with Crippen molar-refractivity contribution in [3.63, 3.8) is 0 Å². The van der Waals surface area contributed by atoms with Crippen LogP contribution in [0.25, 0.3) is 0 Å². The minimum absolute atomic E-state index is 0.622. The highest BCUT2D eigenvalue weighted by Gasteiger charge is 2.24. The molecule has 1 aromatic heterocycles. The number of rotatable bonds is 5. The van der Waals surface area contributed by atoms with E-state index in [-0.39, 0.29) is 0 Å². The van der Waals surface area contributed by atoms with Gasteiger partial charge in [-0.1, -0.05) is 6.07 Å². The van der Waals surface area contributed by atoms with Crippen LogP contribution in [-0.2, 0) is 11.2 Å². The van der Waals surface area contributed by atoms with E-state index in [1.165, 1.54) is 12.0 Å². The van der Waals surface area contributed by atoms with Crippen LogP contribution in [0, 0.1) is 5.92 Å². The van der Waals surface area contributed by atoms with Crippen LogP contribution in [0.4, 0.5) is 0 Å². The lowest BCUT2D eigenvalue weighted by Crippen LogP contribution is -2.41. The van der Waals surface area contributed by atoms with E-state index in [2.05, 4.69) is 26.3 Å². The van der Waals surface area contributed by atoms with Crippen molar-refractivity contribution in [1.82, 2.24) is 15.2 Å². The predicted octanol–water partition coefficient (Wildman–Crippen LogP) is 1.17. The summed E-state index contributed by atoms with van der Waals surface area (Å²) < 4.78 is 5.23. The van der Waals surface area contributed by atoms with E-state index in [9.17, 15) is 0 Å². The Bertz CT molecular complexity index is 421. The SMILES string of the molecule is CN=C(NCCc1cccnc1)N1CCC(COC)C1. The Morgan fingerprint density at radius 2 is 2.50 bits per heavy atom. The number of aliphatic imine (C=N–C) groups is 1. The number of guanidine groups is 1. The number of ether oxygens (including phenoxy) is 1. The van der Waals surface area contributed by atoms with E-state index in [0.29, 0.717) is 5.92 Å². The second-order valence-corrected chi connectivity index (χ2v) is 5.14. The van der Waals surface area contributed by atoms with Crippen molar-refractivity contribution in [2.45, 2.75) is 12.8 Å². The van der Waals surface area contributed by atoms with Gasteiger partial charge < -0.3 is 15.0 Å². The van der Waals surface area contributed by atoms with Gasteiger partial charge in [0.2, 0.25) is 0 Å². The minimum Gasteiger partial charge on any atom is -0.384 e. The summed E-state index contributed by atoms with van der Waals surface area (Å²) >= 11 is 0. The van der Waals surface area contributed by atoms with Crippen LogP contribution in [0.5, 0.6) is 0 Å². The third kappa shape index (κ3) is 4.20. The van der Waals surface area contributed by atoms with Crippen LogP contribution in [0.15, 0.2) is 29.5 Å². The Kier molecular flexibility index (Phi) is 5.80. The van der Waals surface area contributed by atoms with Gasteiger partial charge in [-0.05, 0) is 24.5 Å². The van der Waals surface area contributed by atoms with Crippen LogP contribution < -0.4 is 5.32 Å². The highest BCUT2D eigenvalue weighted by atomic mass is 16.5. The van der Waals surface area contributed by atoms with E-state index in [1.807, 2.05) is 19.3 Å². The molecule has 5 nitrogen and oxygen atoms in total. The molecular weight excluding hydrogens is 252 g/mol. The molecule has 0 aliphatic carbocycles. The smallest absolute Gasteiger partial charge is 0.193 e. The number of hydrogen-bond donors (Lipinski definition) is 1. The zero-order valence-corrected chi connectivity index (χ0v) is 12.4. The van der Waals surface area contributed by atoms with E-state index in [0.717, 1.165) is 38.6 Å². The molecule has 1 aromatic rings. The topological polar surface area (TPSA) is 49.8 Å². The number of methoxy groups -OCH3 is 1. The summed E-state index contributed by atoms with van der Waals surface area (Å²) in [6, 6.07) is 4.07. The average molecular weight is 276 g/mol. The van der Waals surface area contributed by atoms with Gasteiger partial charge in [0, 0.05) is 52.1 Å². The fourth-order valence-corrected chi connectivity index (χ4v) is 2.59. The molecule has 2 rings (SSSR count). The van der Waals surface area contributed by atoms with Crippen LogP contribution in [-0.4, -0.2) is 56.2 Å². The highest BCUT2D eigenvalue weighted by molar-refractivity contribution is 5.80. The van der Waals surface area contributed by atoms with Crippen LogP contribution in [0.1, 0.15) is 12.0 Å². The molecular formula is C15H24N4O. The number of nitrogens with zero attached hydrogens (tertiary/aromatic N) is 3. The third-order valence-corrected chi connectivity index (χ3v) is 3.62. The molecule has 0 spiro atoms. The first kappa shape index (κ1) is 14.8. The normalized spacial score (nSPS) is 19.4. The average Bonchev–Trinajstić information content (AvgIpc) is 2.94. The Morgan fingerprint density at radius 1 is 1.60 bits per heavy atom. The maximum Gasteiger partial charge on any atom is 0.193 e. The molecule has 0 amide bonds. The predicted molar refractivity (Wildman–Crippen MR) is 80.9 cm³/mol. The number of pyridine rings is 1. The van der Waals surface area contributed by atoms with Crippen molar-refractivity contribution in [2.75, 3.05) is 40.4 Å². The molecule has 1 aliphatic heterocycles. The zero-order chi connectivity index (χ0) is 14.2.